The van der Waals surface area contributed by atoms with E-state index in [9.17, 15) is 38.4 Å². The highest BCUT2D eigenvalue weighted by molar-refractivity contribution is 6.12. The van der Waals surface area contributed by atoms with Crippen LogP contribution in [0.25, 0.3) is 0 Å². The summed E-state index contributed by atoms with van der Waals surface area (Å²) in [6.07, 6.45) is 3.79. The summed E-state index contributed by atoms with van der Waals surface area (Å²) in [6, 6.07) is -0.940. The maximum absolute atomic E-state index is 13.0. The molecule has 390 valence electrons. The minimum absolute atomic E-state index is 0.0317. The van der Waals surface area contributed by atoms with Crippen molar-refractivity contribution in [1.29, 1.82) is 0 Å². The van der Waals surface area contributed by atoms with E-state index in [-0.39, 0.29) is 70.9 Å². The standard InChI is InChI=1S/C43H74N6O19/c1-59-14-15-60-16-17-61-18-19-62-20-21-63-22-23-64-24-25-65-26-27-66-28-29-67-30-31-68-34-39(53)44-11-3-2-6-35(48-37(51)8-5-13-49-40(54)9-10-41(49)55)43(58)45-12-4-7-36(50)46-32-38(52)47-33-42(56)57/h9-10,35H,2-8,11-34H2,1H3,(H,44,53)(H,45,58)(H,46,50)(H,47,52)(H,48,51)(H,56,57)/t35-/m0/s1. The fraction of sp³-hybridized carbons (Fsp3) is 0.767. The lowest BCUT2D eigenvalue weighted by Gasteiger charge is -2.19. The lowest BCUT2D eigenvalue weighted by molar-refractivity contribution is -0.138. The molecule has 25 heteroatoms. The molecule has 0 saturated carbocycles. The number of carboxylic acid groups (broad SMARTS) is 1. The van der Waals surface area contributed by atoms with E-state index >= 15 is 0 Å². The van der Waals surface area contributed by atoms with Gasteiger partial charge in [0.25, 0.3) is 11.8 Å². The van der Waals surface area contributed by atoms with Gasteiger partial charge < -0.3 is 79.1 Å². The second kappa shape index (κ2) is 43.6. The van der Waals surface area contributed by atoms with Crippen LogP contribution in [0.4, 0.5) is 0 Å². The molecule has 0 radical (unpaired) electrons. The first-order chi connectivity index (χ1) is 33.0. The number of nitrogens with zero attached hydrogens (tertiary/aromatic N) is 1. The molecule has 0 bridgehead atoms. The van der Waals surface area contributed by atoms with Crippen LogP contribution in [0.2, 0.25) is 0 Å². The summed E-state index contributed by atoms with van der Waals surface area (Å²) in [6.45, 7) is 7.14. The van der Waals surface area contributed by atoms with Crippen molar-refractivity contribution in [2.75, 3.05) is 165 Å². The van der Waals surface area contributed by atoms with Gasteiger partial charge in [0.1, 0.15) is 19.2 Å². The Hall–Kier alpha value is -4.70. The van der Waals surface area contributed by atoms with Gasteiger partial charge in [-0.15, -0.1) is 0 Å². The summed E-state index contributed by atoms with van der Waals surface area (Å²) in [7, 11) is 1.63. The van der Waals surface area contributed by atoms with E-state index in [0.717, 1.165) is 17.1 Å². The second-order valence-electron chi connectivity index (χ2n) is 14.5. The number of nitrogens with one attached hydrogen (secondary N) is 5. The van der Waals surface area contributed by atoms with Crippen molar-refractivity contribution in [1.82, 2.24) is 31.5 Å². The Bertz CT molecular complexity index is 1440. The smallest absolute Gasteiger partial charge is 0.322 e. The molecule has 7 amide bonds. The lowest BCUT2D eigenvalue weighted by atomic mass is 10.1. The number of ether oxygens (including phenoxy) is 10. The molecule has 1 aliphatic rings. The summed E-state index contributed by atoms with van der Waals surface area (Å²) in [5.74, 6) is -4.58. The highest BCUT2D eigenvalue weighted by atomic mass is 16.6. The zero-order valence-corrected chi connectivity index (χ0v) is 39.4. The lowest BCUT2D eigenvalue weighted by Crippen LogP contribution is -2.47. The van der Waals surface area contributed by atoms with Crippen molar-refractivity contribution >= 4 is 47.3 Å². The fourth-order valence-electron chi connectivity index (χ4n) is 5.49. The summed E-state index contributed by atoms with van der Waals surface area (Å²) in [5, 5.41) is 21.2. The number of unbranched alkanes of at least 4 members (excludes halogenated alkanes) is 1. The quantitative estimate of drug-likeness (QED) is 0.0271. The molecular formula is C43H74N6O19. The molecule has 1 rings (SSSR count). The number of carbonyl (C=O) groups is 8. The number of rotatable bonds is 48. The summed E-state index contributed by atoms with van der Waals surface area (Å²) < 4.78 is 53.7. The monoisotopic (exact) mass is 979 g/mol. The summed E-state index contributed by atoms with van der Waals surface area (Å²) >= 11 is 0. The van der Waals surface area contributed by atoms with Gasteiger partial charge in [-0.3, -0.25) is 43.3 Å². The number of aliphatic carboxylic acids is 1. The molecule has 25 nitrogen and oxygen atoms in total. The number of carboxylic acids is 1. The first-order valence-electron chi connectivity index (χ1n) is 22.8. The van der Waals surface area contributed by atoms with Gasteiger partial charge in [-0.2, -0.15) is 0 Å². The van der Waals surface area contributed by atoms with Crippen LogP contribution < -0.4 is 26.6 Å². The van der Waals surface area contributed by atoms with Gasteiger partial charge in [0.15, 0.2) is 0 Å². The molecule has 0 aromatic carbocycles. The van der Waals surface area contributed by atoms with E-state index < -0.39 is 60.5 Å². The molecule has 0 unspecified atom stereocenters. The Morgan fingerprint density at radius 3 is 1.43 bits per heavy atom. The van der Waals surface area contributed by atoms with Gasteiger partial charge in [0.2, 0.25) is 29.5 Å². The Labute approximate surface area is 397 Å². The van der Waals surface area contributed by atoms with Crippen LogP contribution in [0.3, 0.4) is 0 Å². The average molecular weight is 979 g/mol. The van der Waals surface area contributed by atoms with Gasteiger partial charge in [0, 0.05) is 51.7 Å². The molecule has 1 heterocycles. The Morgan fingerprint density at radius 1 is 0.500 bits per heavy atom. The molecule has 0 spiro atoms. The van der Waals surface area contributed by atoms with Crippen LogP contribution in [-0.2, 0) is 85.7 Å². The Kier molecular flexibility index (Phi) is 39.3. The van der Waals surface area contributed by atoms with Gasteiger partial charge in [-0.25, -0.2) is 0 Å². The van der Waals surface area contributed by atoms with E-state index in [1.54, 1.807) is 7.11 Å². The topological polar surface area (TPSA) is 312 Å². The molecule has 1 aliphatic heterocycles. The largest absolute Gasteiger partial charge is 0.480 e. The number of imide groups is 1. The molecule has 0 saturated heterocycles. The molecule has 6 N–H and O–H groups in total. The molecule has 0 aromatic rings. The van der Waals surface area contributed by atoms with Crippen LogP contribution in [0.5, 0.6) is 0 Å². The van der Waals surface area contributed by atoms with Crippen molar-refractivity contribution in [3.63, 3.8) is 0 Å². The molecule has 1 atom stereocenters. The first kappa shape index (κ1) is 61.3. The van der Waals surface area contributed by atoms with Crippen LogP contribution in [0.1, 0.15) is 44.9 Å². The molecule has 68 heavy (non-hydrogen) atoms. The highest BCUT2D eigenvalue weighted by Gasteiger charge is 2.24. The van der Waals surface area contributed by atoms with Crippen molar-refractivity contribution in [2.45, 2.75) is 51.0 Å². The third-order valence-electron chi connectivity index (χ3n) is 8.98. The molecule has 0 aromatic heterocycles. The predicted octanol–water partition coefficient (Wildman–Crippen LogP) is -2.53. The minimum Gasteiger partial charge on any atom is -0.480 e. The van der Waals surface area contributed by atoms with E-state index in [1.807, 2.05) is 0 Å². The zero-order chi connectivity index (χ0) is 49.7. The van der Waals surface area contributed by atoms with Crippen molar-refractivity contribution in [3.8, 4) is 0 Å². The number of carbonyl (C=O) groups excluding carboxylic acids is 7. The number of hydrogen-bond acceptors (Lipinski definition) is 18. The minimum atomic E-state index is -1.22. The number of methoxy groups -OCH3 is 1. The molecular weight excluding hydrogens is 904 g/mol. The third kappa shape index (κ3) is 37.3. The fourth-order valence-corrected chi connectivity index (χ4v) is 5.49. The van der Waals surface area contributed by atoms with Gasteiger partial charge in [-0.05, 0) is 32.1 Å². The highest BCUT2D eigenvalue weighted by Crippen LogP contribution is 2.07. The van der Waals surface area contributed by atoms with Crippen LogP contribution in [0, 0.1) is 0 Å². The third-order valence-corrected chi connectivity index (χ3v) is 8.98. The van der Waals surface area contributed by atoms with E-state index in [4.69, 9.17) is 52.5 Å². The number of amides is 7. The van der Waals surface area contributed by atoms with E-state index in [2.05, 4.69) is 26.6 Å². The van der Waals surface area contributed by atoms with Crippen LogP contribution in [0.15, 0.2) is 12.2 Å². The number of hydrogen-bond donors (Lipinski definition) is 6. The maximum atomic E-state index is 13.0. The van der Waals surface area contributed by atoms with Crippen molar-refractivity contribution in [2.24, 2.45) is 0 Å². The van der Waals surface area contributed by atoms with Crippen LogP contribution in [-0.4, -0.2) is 229 Å². The van der Waals surface area contributed by atoms with Gasteiger partial charge in [-0.1, -0.05) is 0 Å². The average Bonchev–Trinajstić information content (AvgIpc) is 3.64. The molecule has 0 fully saturated rings. The SMILES string of the molecule is COCCOCCOCCOCCOCCOCCOCCOCCOCCOCC(=O)NCCCC[C@H](NC(=O)CCCN1C(=O)C=CC1=O)C(=O)NCCCC(=O)NCC(=O)NCC(=O)O. The molecule has 0 aliphatic carbocycles. The van der Waals surface area contributed by atoms with E-state index in [1.165, 1.54) is 0 Å². The normalized spacial score (nSPS) is 12.6. The van der Waals surface area contributed by atoms with Crippen LogP contribution >= 0.6 is 0 Å². The zero-order valence-electron chi connectivity index (χ0n) is 39.4. The van der Waals surface area contributed by atoms with Crippen molar-refractivity contribution in [3.05, 3.63) is 12.2 Å². The second-order valence-corrected chi connectivity index (χ2v) is 14.5. The van der Waals surface area contributed by atoms with Crippen molar-refractivity contribution < 1.29 is 90.8 Å². The van der Waals surface area contributed by atoms with Gasteiger partial charge in [0.05, 0.1) is 125 Å². The summed E-state index contributed by atoms with van der Waals surface area (Å²) in [4.78, 5) is 96.7. The van der Waals surface area contributed by atoms with Gasteiger partial charge >= 0.3 is 5.97 Å². The summed E-state index contributed by atoms with van der Waals surface area (Å²) in [5.41, 5.74) is 0. The maximum Gasteiger partial charge on any atom is 0.322 e. The first-order valence-corrected chi connectivity index (χ1v) is 22.8. The Balaban J connectivity index is 2.09. The predicted molar refractivity (Wildman–Crippen MR) is 239 cm³/mol. The Morgan fingerprint density at radius 2 is 0.941 bits per heavy atom. The van der Waals surface area contributed by atoms with E-state index in [0.29, 0.717) is 125 Å².